The fraction of sp³-hybridized carbons (Fsp3) is 0.562. The molecule has 0 aromatic carbocycles. The van der Waals surface area contributed by atoms with Crippen molar-refractivity contribution < 1.29 is 0 Å². The molecule has 2 aromatic rings. The number of rotatable bonds is 5. The molecular formula is C16H24N6S2. The first kappa shape index (κ1) is 17.2. The minimum absolute atomic E-state index is 0.747. The van der Waals surface area contributed by atoms with Crippen LogP contribution in [0, 0.1) is 0 Å². The lowest BCUT2D eigenvalue weighted by Gasteiger charge is -2.36. The second kappa shape index (κ2) is 8.43. The average Bonchev–Trinajstić information content (AvgIpc) is 3.30. The first-order chi connectivity index (χ1) is 11.8. The lowest BCUT2D eigenvalue weighted by Crippen LogP contribution is -2.52. The van der Waals surface area contributed by atoms with Crippen molar-refractivity contribution in [2.45, 2.75) is 26.8 Å². The highest BCUT2D eigenvalue weighted by molar-refractivity contribution is 7.10. The van der Waals surface area contributed by atoms with Crippen molar-refractivity contribution in [2.75, 3.05) is 37.6 Å². The van der Waals surface area contributed by atoms with Crippen LogP contribution >= 0.6 is 22.9 Å². The summed E-state index contributed by atoms with van der Waals surface area (Å²) >= 11 is 3.27. The van der Waals surface area contributed by atoms with Gasteiger partial charge in [-0.25, -0.2) is 9.98 Å². The van der Waals surface area contributed by atoms with Crippen LogP contribution in [0.2, 0.25) is 0 Å². The summed E-state index contributed by atoms with van der Waals surface area (Å²) in [6, 6.07) is 4.21. The molecule has 1 fully saturated rings. The van der Waals surface area contributed by atoms with E-state index in [9.17, 15) is 0 Å². The van der Waals surface area contributed by atoms with Crippen LogP contribution in [-0.4, -0.2) is 52.9 Å². The molecule has 0 aliphatic carbocycles. The second-order valence-electron chi connectivity index (χ2n) is 5.57. The molecule has 1 saturated heterocycles. The number of nitrogens with one attached hydrogen (secondary N) is 1. The van der Waals surface area contributed by atoms with E-state index in [0.717, 1.165) is 62.6 Å². The van der Waals surface area contributed by atoms with Gasteiger partial charge in [0.05, 0.1) is 6.54 Å². The molecule has 6 nitrogen and oxygen atoms in total. The van der Waals surface area contributed by atoms with Crippen LogP contribution in [0.25, 0.3) is 0 Å². The molecule has 8 heteroatoms. The van der Waals surface area contributed by atoms with Crippen molar-refractivity contribution >= 4 is 34.0 Å². The molecule has 0 atom stereocenters. The summed E-state index contributed by atoms with van der Waals surface area (Å²) < 4.78 is 4.39. The van der Waals surface area contributed by atoms with E-state index < -0.39 is 0 Å². The standard InChI is InChI=1S/C16H24N6S2/c1-3-14-19-16(24-20-14)22-9-7-21(8-10-22)15(17-4-2)18-12-13-6-5-11-23-13/h5-6,11H,3-4,7-10,12H2,1-2H3,(H,17,18). The van der Waals surface area contributed by atoms with E-state index in [-0.39, 0.29) is 0 Å². The van der Waals surface area contributed by atoms with E-state index in [2.05, 4.69) is 55.8 Å². The maximum absolute atomic E-state index is 4.79. The number of anilines is 1. The predicted molar refractivity (Wildman–Crippen MR) is 102 cm³/mol. The largest absolute Gasteiger partial charge is 0.357 e. The second-order valence-corrected chi connectivity index (χ2v) is 7.33. The lowest BCUT2D eigenvalue weighted by molar-refractivity contribution is 0.372. The zero-order valence-electron chi connectivity index (χ0n) is 14.2. The molecule has 0 bridgehead atoms. The molecule has 1 aliphatic heterocycles. The van der Waals surface area contributed by atoms with Gasteiger partial charge in [-0.15, -0.1) is 11.3 Å². The van der Waals surface area contributed by atoms with E-state index in [1.165, 1.54) is 16.4 Å². The van der Waals surface area contributed by atoms with Gasteiger partial charge in [0.2, 0.25) is 5.13 Å². The Morgan fingerprint density at radius 1 is 1.29 bits per heavy atom. The Morgan fingerprint density at radius 2 is 2.12 bits per heavy atom. The summed E-state index contributed by atoms with van der Waals surface area (Å²) in [6.07, 6.45) is 0.899. The normalized spacial score (nSPS) is 15.8. The zero-order chi connectivity index (χ0) is 16.8. The first-order valence-corrected chi connectivity index (χ1v) is 10.1. The van der Waals surface area contributed by atoms with Crippen LogP contribution in [-0.2, 0) is 13.0 Å². The van der Waals surface area contributed by atoms with Gasteiger partial charge < -0.3 is 15.1 Å². The van der Waals surface area contributed by atoms with Crippen molar-refractivity contribution in [1.82, 2.24) is 19.6 Å². The number of hydrogen-bond acceptors (Lipinski definition) is 6. The van der Waals surface area contributed by atoms with Crippen molar-refractivity contribution in [3.05, 3.63) is 28.2 Å². The van der Waals surface area contributed by atoms with Crippen LogP contribution in [0.5, 0.6) is 0 Å². The Hall–Kier alpha value is -1.67. The molecule has 3 rings (SSSR count). The van der Waals surface area contributed by atoms with Crippen molar-refractivity contribution in [1.29, 1.82) is 0 Å². The fourth-order valence-corrected chi connectivity index (χ4v) is 4.04. The molecule has 3 heterocycles. The summed E-state index contributed by atoms with van der Waals surface area (Å²) in [7, 11) is 0. The van der Waals surface area contributed by atoms with Gasteiger partial charge in [0.15, 0.2) is 5.96 Å². The number of aryl methyl sites for hydroxylation is 1. The van der Waals surface area contributed by atoms with Gasteiger partial charge in [-0.05, 0) is 18.4 Å². The smallest absolute Gasteiger partial charge is 0.205 e. The fourth-order valence-electron chi connectivity index (χ4n) is 2.61. The number of piperazine rings is 1. The topological polar surface area (TPSA) is 56.7 Å². The van der Waals surface area contributed by atoms with Crippen LogP contribution in [0.15, 0.2) is 22.5 Å². The quantitative estimate of drug-likeness (QED) is 0.652. The van der Waals surface area contributed by atoms with Gasteiger partial charge in [-0.2, -0.15) is 4.37 Å². The van der Waals surface area contributed by atoms with Crippen LogP contribution in [0.3, 0.4) is 0 Å². The third-order valence-electron chi connectivity index (χ3n) is 3.92. The minimum atomic E-state index is 0.747. The molecule has 0 saturated carbocycles. The Labute approximate surface area is 151 Å². The molecule has 0 radical (unpaired) electrons. The van der Waals surface area contributed by atoms with Crippen molar-refractivity contribution in [2.24, 2.45) is 4.99 Å². The van der Waals surface area contributed by atoms with Crippen molar-refractivity contribution in [3.8, 4) is 0 Å². The van der Waals surface area contributed by atoms with E-state index in [1.54, 1.807) is 11.3 Å². The predicted octanol–water partition coefficient (Wildman–Crippen LogP) is 2.45. The van der Waals surface area contributed by atoms with E-state index >= 15 is 0 Å². The van der Waals surface area contributed by atoms with E-state index in [1.807, 2.05) is 0 Å². The number of thiophene rings is 1. The molecule has 0 unspecified atom stereocenters. The molecule has 24 heavy (non-hydrogen) atoms. The Balaban J connectivity index is 1.59. The summed E-state index contributed by atoms with van der Waals surface area (Å²) in [6.45, 7) is 9.68. The monoisotopic (exact) mass is 364 g/mol. The SMILES string of the molecule is CCNC(=NCc1cccs1)N1CCN(c2nc(CC)ns2)CC1. The third kappa shape index (κ3) is 4.24. The summed E-state index contributed by atoms with van der Waals surface area (Å²) in [5.74, 6) is 1.96. The van der Waals surface area contributed by atoms with Crippen LogP contribution in [0.4, 0.5) is 5.13 Å². The third-order valence-corrected chi connectivity index (χ3v) is 5.60. The Kier molecular flexibility index (Phi) is 6.03. The maximum Gasteiger partial charge on any atom is 0.205 e. The molecule has 1 aliphatic rings. The molecule has 0 amide bonds. The number of hydrogen-bond donors (Lipinski definition) is 1. The van der Waals surface area contributed by atoms with Gasteiger partial charge in [0.1, 0.15) is 5.82 Å². The highest BCUT2D eigenvalue weighted by atomic mass is 32.1. The number of guanidine groups is 1. The van der Waals surface area contributed by atoms with Crippen LogP contribution in [0.1, 0.15) is 24.5 Å². The van der Waals surface area contributed by atoms with Crippen LogP contribution < -0.4 is 10.2 Å². The number of aliphatic imine (C=N–C) groups is 1. The average molecular weight is 365 g/mol. The molecule has 2 aromatic heterocycles. The molecular weight excluding hydrogens is 340 g/mol. The van der Waals surface area contributed by atoms with Gasteiger partial charge in [0.25, 0.3) is 0 Å². The van der Waals surface area contributed by atoms with Crippen molar-refractivity contribution in [3.63, 3.8) is 0 Å². The minimum Gasteiger partial charge on any atom is -0.357 e. The van der Waals surface area contributed by atoms with E-state index in [0.29, 0.717) is 0 Å². The number of nitrogens with zero attached hydrogens (tertiary/aromatic N) is 5. The van der Waals surface area contributed by atoms with Gasteiger partial charge >= 0.3 is 0 Å². The summed E-state index contributed by atoms with van der Waals surface area (Å²) in [5, 5.41) is 6.57. The summed E-state index contributed by atoms with van der Waals surface area (Å²) in [4.78, 5) is 15.4. The summed E-state index contributed by atoms with van der Waals surface area (Å²) in [5.41, 5.74) is 0. The Morgan fingerprint density at radius 3 is 2.75 bits per heavy atom. The number of aromatic nitrogens is 2. The van der Waals surface area contributed by atoms with E-state index in [4.69, 9.17) is 4.99 Å². The molecule has 1 N–H and O–H groups in total. The van der Waals surface area contributed by atoms with Gasteiger partial charge in [0, 0.05) is 55.6 Å². The molecule has 0 spiro atoms. The zero-order valence-corrected chi connectivity index (χ0v) is 15.9. The highest BCUT2D eigenvalue weighted by Crippen LogP contribution is 2.19. The van der Waals surface area contributed by atoms with Gasteiger partial charge in [-0.1, -0.05) is 13.0 Å². The Bertz CT molecular complexity index is 643. The maximum atomic E-state index is 4.79. The first-order valence-electron chi connectivity index (χ1n) is 8.43. The lowest BCUT2D eigenvalue weighted by atomic mass is 10.3. The highest BCUT2D eigenvalue weighted by Gasteiger charge is 2.22. The van der Waals surface area contributed by atoms with Gasteiger partial charge in [-0.3, -0.25) is 0 Å². The molecule has 130 valence electrons.